The molecule has 2 aromatic carbocycles. The summed E-state index contributed by atoms with van der Waals surface area (Å²) in [5, 5.41) is 3.00. The van der Waals surface area contributed by atoms with E-state index < -0.39 is 0 Å². The zero-order valence-electron chi connectivity index (χ0n) is 17.8. The lowest BCUT2D eigenvalue weighted by atomic mass is 10.1. The van der Waals surface area contributed by atoms with Gasteiger partial charge in [-0.3, -0.25) is 14.6 Å². The smallest absolute Gasteiger partial charge is 0.241 e. The second-order valence-corrected chi connectivity index (χ2v) is 7.52. The number of piperazine rings is 1. The van der Waals surface area contributed by atoms with Crippen molar-refractivity contribution in [3.05, 3.63) is 53.6 Å². The number of anilines is 1. The number of ether oxygens (including phenoxy) is 2. The Hall–Kier alpha value is -2.57. The van der Waals surface area contributed by atoms with Crippen LogP contribution in [0.3, 0.4) is 0 Å². The molecule has 1 N–H and O–H groups in total. The highest BCUT2D eigenvalue weighted by Gasteiger charge is 2.26. The normalized spacial score (nSPS) is 16.3. The standard InChI is InChI=1S/C23H31N3O3/c1-17-8-9-22(29-4)19(14-17)16-25-10-12-26(13-11-25)18(2)23(27)24-20-6-5-7-21(15-20)28-3/h5-9,14-15,18H,10-13,16H2,1-4H3,(H,24,27)/t18-/m0/s1. The Kier molecular flexibility index (Phi) is 7.12. The molecule has 0 spiro atoms. The number of amides is 1. The molecule has 6 heteroatoms. The van der Waals surface area contributed by atoms with Crippen LogP contribution in [0.1, 0.15) is 18.1 Å². The maximum Gasteiger partial charge on any atom is 0.241 e. The molecular weight excluding hydrogens is 366 g/mol. The van der Waals surface area contributed by atoms with E-state index in [1.807, 2.05) is 37.3 Å². The van der Waals surface area contributed by atoms with Gasteiger partial charge in [-0.25, -0.2) is 0 Å². The Morgan fingerprint density at radius 1 is 1.07 bits per heavy atom. The van der Waals surface area contributed by atoms with Gasteiger partial charge in [-0.15, -0.1) is 0 Å². The number of hydrogen-bond donors (Lipinski definition) is 1. The van der Waals surface area contributed by atoms with E-state index in [9.17, 15) is 4.79 Å². The number of methoxy groups -OCH3 is 2. The van der Waals surface area contributed by atoms with Crippen molar-refractivity contribution in [2.45, 2.75) is 26.4 Å². The fourth-order valence-electron chi connectivity index (χ4n) is 3.69. The van der Waals surface area contributed by atoms with Gasteiger partial charge in [0, 0.05) is 50.0 Å². The van der Waals surface area contributed by atoms with Crippen LogP contribution in [0.5, 0.6) is 11.5 Å². The molecule has 0 radical (unpaired) electrons. The van der Waals surface area contributed by atoms with Crippen LogP contribution in [0.4, 0.5) is 5.69 Å². The van der Waals surface area contributed by atoms with Crippen LogP contribution in [0.2, 0.25) is 0 Å². The molecule has 1 heterocycles. The molecule has 1 saturated heterocycles. The van der Waals surface area contributed by atoms with Crippen molar-refractivity contribution in [1.29, 1.82) is 0 Å². The highest BCUT2D eigenvalue weighted by molar-refractivity contribution is 5.94. The third kappa shape index (κ3) is 5.49. The molecule has 0 aliphatic carbocycles. The highest BCUT2D eigenvalue weighted by atomic mass is 16.5. The van der Waals surface area contributed by atoms with Gasteiger partial charge in [-0.2, -0.15) is 0 Å². The average Bonchev–Trinajstić information content (AvgIpc) is 2.74. The topological polar surface area (TPSA) is 54.0 Å². The number of nitrogens with zero attached hydrogens (tertiary/aromatic N) is 2. The molecule has 3 rings (SSSR count). The lowest BCUT2D eigenvalue weighted by Gasteiger charge is -2.37. The predicted octanol–water partition coefficient (Wildman–Crippen LogP) is 3.16. The van der Waals surface area contributed by atoms with Crippen LogP contribution in [0, 0.1) is 6.92 Å². The molecule has 1 aliphatic rings. The first-order valence-corrected chi connectivity index (χ1v) is 10.0. The van der Waals surface area contributed by atoms with Crippen molar-refractivity contribution < 1.29 is 14.3 Å². The molecule has 29 heavy (non-hydrogen) atoms. The molecule has 156 valence electrons. The Morgan fingerprint density at radius 3 is 2.52 bits per heavy atom. The first-order chi connectivity index (χ1) is 14.0. The van der Waals surface area contributed by atoms with Gasteiger partial charge >= 0.3 is 0 Å². The largest absolute Gasteiger partial charge is 0.497 e. The summed E-state index contributed by atoms with van der Waals surface area (Å²) in [5.74, 6) is 1.67. The van der Waals surface area contributed by atoms with Crippen molar-refractivity contribution >= 4 is 11.6 Å². The summed E-state index contributed by atoms with van der Waals surface area (Å²) < 4.78 is 10.7. The molecule has 0 unspecified atom stereocenters. The molecular formula is C23H31N3O3. The second-order valence-electron chi connectivity index (χ2n) is 7.52. The molecule has 1 fully saturated rings. The van der Waals surface area contributed by atoms with Crippen molar-refractivity contribution in [2.75, 3.05) is 45.7 Å². The van der Waals surface area contributed by atoms with Gasteiger partial charge in [0.05, 0.1) is 20.3 Å². The third-order valence-corrected chi connectivity index (χ3v) is 5.50. The number of carbonyl (C=O) groups excluding carboxylic acids is 1. The van der Waals surface area contributed by atoms with Gasteiger partial charge in [-0.1, -0.05) is 23.8 Å². The van der Waals surface area contributed by atoms with Gasteiger partial charge in [0.15, 0.2) is 0 Å². The molecule has 0 aromatic heterocycles. The Labute approximate surface area is 173 Å². The SMILES string of the molecule is COc1cccc(NC(=O)[C@H](C)N2CCN(Cc3cc(C)ccc3OC)CC2)c1. The van der Waals surface area contributed by atoms with Gasteiger partial charge in [0.1, 0.15) is 11.5 Å². The van der Waals surface area contributed by atoms with E-state index >= 15 is 0 Å². The molecule has 0 saturated carbocycles. The van der Waals surface area contributed by atoms with E-state index in [-0.39, 0.29) is 11.9 Å². The Bertz CT molecular complexity index is 832. The molecule has 0 bridgehead atoms. The van der Waals surface area contributed by atoms with Crippen LogP contribution < -0.4 is 14.8 Å². The van der Waals surface area contributed by atoms with E-state index in [2.05, 4.69) is 34.2 Å². The fourth-order valence-corrected chi connectivity index (χ4v) is 3.69. The summed E-state index contributed by atoms with van der Waals surface area (Å²) in [6.45, 7) is 8.50. The zero-order valence-corrected chi connectivity index (χ0v) is 17.8. The number of carbonyl (C=O) groups is 1. The Morgan fingerprint density at radius 2 is 1.83 bits per heavy atom. The van der Waals surface area contributed by atoms with Crippen molar-refractivity contribution in [3.8, 4) is 11.5 Å². The predicted molar refractivity (Wildman–Crippen MR) is 116 cm³/mol. The lowest BCUT2D eigenvalue weighted by molar-refractivity contribution is -0.121. The van der Waals surface area contributed by atoms with Crippen molar-refractivity contribution in [2.24, 2.45) is 0 Å². The fraction of sp³-hybridized carbons (Fsp3) is 0.435. The summed E-state index contributed by atoms with van der Waals surface area (Å²) in [4.78, 5) is 17.3. The second kappa shape index (κ2) is 9.76. The number of hydrogen-bond acceptors (Lipinski definition) is 5. The highest BCUT2D eigenvalue weighted by Crippen LogP contribution is 2.22. The van der Waals surface area contributed by atoms with Crippen molar-refractivity contribution in [3.63, 3.8) is 0 Å². The summed E-state index contributed by atoms with van der Waals surface area (Å²) in [5.41, 5.74) is 3.21. The minimum absolute atomic E-state index is 0.00653. The van der Waals surface area contributed by atoms with Crippen LogP contribution in [0.25, 0.3) is 0 Å². The number of benzene rings is 2. The average molecular weight is 398 g/mol. The maximum absolute atomic E-state index is 12.7. The summed E-state index contributed by atoms with van der Waals surface area (Å²) >= 11 is 0. The molecule has 1 amide bonds. The monoisotopic (exact) mass is 397 g/mol. The molecule has 1 aliphatic heterocycles. The van der Waals surface area contributed by atoms with Gasteiger partial charge < -0.3 is 14.8 Å². The Balaban J connectivity index is 1.53. The first kappa shape index (κ1) is 21.1. The van der Waals surface area contributed by atoms with E-state index in [1.54, 1.807) is 14.2 Å². The third-order valence-electron chi connectivity index (χ3n) is 5.50. The summed E-state index contributed by atoms with van der Waals surface area (Å²) in [7, 11) is 3.34. The number of nitrogens with one attached hydrogen (secondary N) is 1. The first-order valence-electron chi connectivity index (χ1n) is 10.0. The molecule has 6 nitrogen and oxygen atoms in total. The van der Waals surface area contributed by atoms with E-state index in [0.717, 1.165) is 49.9 Å². The van der Waals surface area contributed by atoms with E-state index in [0.29, 0.717) is 0 Å². The maximum atomic E-state index is 12.7. The zero-order chi connectivity index (χ0) is 20.8. The van der Waals surface area contributed by atoms with E-state index in [1.165, 1.54) is 11.1 Å². The van der Waals surface area contributed by atoms with E-state index in [4.69, 9.17) is 9.47 Å². The summed E-state index contributed by atoms with van der Waals surface area (Å²) in [6, 6.07) is 13.6. The quantitative estimate of drug-likeness (QED) is 0.778. The van der Waals surface area contributed by atoms with Gasteiger partial charge in [0.2, 0.25) is 5.91 Å². The van der Waals surface area contributed by atoms with Crippen LogP contribution in [-0.4, -0.2) is 62.1 Å². The number of rotatable bonds is 7. The van der Waals surface area contributed by atoms with Crippen LogP contribution in [0.15, 0.2) is 42.5 Å². The molecule has 1 atom stereocenters. The van der Waals surface area contributed by atoms with Crippen LogP contribution in [-0.2, 0) is 11.3 Å². The minimum atomic E-state index is -0.183. The molecule has 2 aromatic rings. The van der Waals surface area contributed by atoms with Gasteiger partial charge in [0.25, 0.3) is 0 Å². The van der Waals surface area contributed by atoms with Crippen molar-refractivity contribution in [1.82, 2.24) is 9.80 Å². The lowest BCUT2D eigenvalue weighted by Crippen LogP contribution is -2.52. The van der Waals surface area contributed by atoms with Gasteiger partial charge in [-0.05, 0) is 32.0 Å². The summed E-state index contributed by atoms with van der Waals surface area (Å²) in [6.07, 6.45) is 0. The number of aryl methyl sites for hydroxylation is 1. The minimum Gasteiger partial charge on any atom is -0.497 e. The van der Waals surface area contributed by atoms with Crippen LogP contribution >= 0.6 is 0 Å².